The van der Waals surface area contributed by atoms with Crippen molar-refractivity contribution in [1.29, 1.82) is 0 Å². The first-order valence-electron chi connectivity index (χ1n) is 6.22. The minimum Gasteiger partial charge on any atom is -0.467 e. The normalized spacial score (nSPS) is 13.4. The number of ether oxygens (including phenoxy) is 1. The summed E-state index contributed by atoms with van der Waals surface area (Å²) in [5.74, 6) is -0.662. The highest BCUT2D eigenvalue weighted by Crippen LogP contribution is 2.14. The van der Waals surface area contributed by atoms with Crippen molar-refractivity contribution in [3.8, 4) is 0 Å². The van der Waals surface area contributed by atoms with Crippen LogP contribution < -0.4 is 11.1 Å². The van der Waals surface area contributed by atoms with E-state index in [1.807, 2.05) is 30.3 Å². The molecule has 104 valence electrons. The Hall–Kier alpha value is -1.88. The van der Waals surface area contributed by atoms with Crippen molar-refractivity contribution in [3.63, 3.8) is 0 Å². The number of carbonyl (C=O) groups excluding carboxylic acids is 2. The van der Waals surface area contributed by atoms with Gasteiger partial charge in [0.05, 0.1) is 7.11 Å². The van der Waals surface area contributed by atoms with E-state index in [0.717, 1.165) is 5.56 Å². The number of benzene rings is 1. The Kier molecular flexibility index (Phi) is 6.02. The van der Waals surface area contributed by atoms with Crippen LogP contribution in [0.5, 0.6) is 0 Å². The number of esters is 1. The van der Waals surface area contributed by atoms with Gasteiger partial charge in [0.15, 0.2) is 0 Å². The summed E-state index contributed by atoms with van der Waals surface area (Å²) in [7, 11) is 1.29. The Morgan fingerprint density at radius 3 is 2.53 bits per heavy atom. The van der Waals surface area contributed by atoms with Gasteiger partial charge in [-0.05, 0) is 18.9 Å². The van der Waals surface area contributed by atoms with Crippen molar-refractivity contribution in [1.82, 2.24) is 5.32 Å². The van der Waals surface area contributed by atoms with Gasteiger partial charge in [-0.3, -0.25) is 4.79 Å². The molecule has 1 unspecified atom stereocenters. The molecule has 1 amide bonds. The van der Waals surface area contributed by atoms with E-state index in [-0.39, 0.29) is 18.4 Å². The second-order valence-corrected chi connectivity index (χ2v) is 4.37. The third kappa shape index (κ3) is 5.09. The topological polar surface area (TPSA) is 81.4 Å². The average molecular weight is 264 g/mol. The summed E-state index contributed by atoms with van der Waals surface area (Å²) < 4.78 is 4.53. The summed E-state index contributed by atoms with van der Waals surface area (Å²) in [6.07, 6.45) is 0.807. The number of amides is 1. The lowest BCUT2D eigenvalue weighted by molar-refractivity contribution is -0.144. The van der Waals surface area contributed by atoms with Gasteiger partial charge in [0.25, 0.3) is 0 Å². The molecule has 0 aromatic heterocycles. The maximum atomic E-state index is 11.6. The van der Waals surface area contributed by atoms with Crippen molar-refractivity contribution >= 4 is 11.9 Å². The zero-order valence-electron chi connectivity index (χ0n) is 11.3. The van der Waals surface area contributed by atoms with E-state index in [0.29, 0.717) is 6.42 Å². The van der Waals surface area contributed by atoms with E-state index in [1.54, 1.807) is 6.92 Å². The molecule has 0 fully saturated rings. The summed E-state index contributed by atoms with van der Waals surface area (Å²) in [6.45, 7) is 1.58. The molecular formula is C14H20N2O3. The molecule has 1 aromatic carbocycles. The largest absolute Gasteiger partial charge is 0.467 e. The van der Waals surface area contributed by atoms with E-state index >= 15 is 0 Å². The minimum atomic E-state index is -0.634. The molecule has 5 nitrogen and oxygen atoms in total. The highest BCUT2D eigenvalue weighted by Gasteiger charge is 2.16. The molecule has 2 atom stereocenters. The Morgan fingerprint density at radius 1 is 1.32 bits per heavy atom. The predicted octanol–water partition coefficient (Wildman–Crippen LogP) is 1.14. The number of carbonyl (C=O) groups is 2. The number of methoxy groups -OCH3 is 1. The Balaban J connectivity index is 2.36. The first-order chi connectivity index (χ1) is 9.04. The average Bonchev–Trinajstić information content (AvgIpc) is 2.44. The molecule has 0 saturated heterocycles. The van der Waals surface area contributed by atoms with E-state index in [9.17, 15) is 9.59 Å². The van der Waals surface area contributed by atoms with E-state index in [1.165, 1.54) is 7.11 Å². The van der Waals surface area contributed by atoms with Gasteiger partial charge in [0, 0.05) is 12.5 Å². The van der Waals surface area contributed by atoms with Crippen molar-refractivity contribution < 1.29 is 14.3 Å². The number of nitrogens with two attached hydrogens (primary N) is 1. The molecule has 0 bridgehead atoms. The highest BCUT2D eigenvalue weighted by atomic mass is 16.5. The van der Waals surface area contributed by atoms with Crippen LogP contribution >= 0.6 is 0 Å². The van der Waals surface area contributed by atoms with Gasteiger partial charge in [-0.15, -0.1) is 0 Å². The van der Waals surface area contributed by atoms with E-state index in [2.05, 4.69) is 10.1 Å². The molecular weight excluding hydrogens is 244 g/mol. The van der Waals surface area contributed by atoms with E-state index in [4.69, 9.17) is 5.73 Å². The van der Waals surface area contributed by atoms with Crippen molar-refractivity contribution in [2.24, 2.45) is 5.73 Å². The molecule has 0 aliphatic carbocycles. The second-order valence-electron chi connectivity index (χ2n) is 4.37. The third-order valence-electron chi connectivity index (χ3n) is 2.84. The first kappa shape index (κ1) is 15.2. The smallest absolute Gasteiger partial charge is 0.328 e. The summed E-state index contributed by atoms with van der Waals surface area (Å²) in [4.78, 5) is 22.8. The number of nitrogens with one attached hydrogen (secondary N) is 1. The lowest BCUT2D eigenvalue weighted by atomic mass is 10.0. The Morgan fingerprint density at radius 2 is 1.95 bits per heavy atom. The monoisotopic (exact) mass is 264 g/mol. The summed E-state index contributed by atoms with van der Waals surface area (Å²) in [6, 6.07) is 8.79. The predicted molar refractivity (Wildman–Crippen MR) is 72.2 cm³/mol. The molecule has 1 aromatic rings. The molecule has 0 radical (unpaired) electrons. The minimum absolute atomic E-state index is 0.180. The SMILES string of the molecule is COC(=O)[C@H](C)NC(=O)CCC(N)c1ccccc1. The molecule has 5 heteroatoms. The van der Waals surface area contributed by atoms with Crippen molar-refractivity contribution in [3.05, 3.63) is 35.9 Å². The Bertz CT molecular complexity index is 420. The molecule has 0 heterocycles. The zero-order valence-corrected chi connectivity index (χ0v) is 11.3. The van der Waals surface area contributed by atoms with Crippen LogP contribution in [0.25, 0.3) is 0 Å². The van der Waals surface area contributed by atoms with Crippen molar-refractivity contribution in [2.45, 2.75) is 31.8 Å². The van der Waals surface area contributed by atoms with Crippen LogP contribution in [0.1, 0.15) is 31.4 Å². The lowest BCUT2D eigenvalue weighted by Gasteiger charge is -2.14. The van der Waals surface area contributed by atoms with Gasteiger partial charge in [0.2, 0.25) is 5.91 Å². The van der Waals surface area contributed by atoms with E-state index < -0.39 is 12.0 Å². The molecule has 1 rings (SSSR count). The second kappa shape index (κ2) is 7.53. The van der Waals surface area contributed by atoms with Gasteiger partial charge in [-0.1, -0.05) is 30.3 Å². The lowest BCUT2D eigenvalue weighted by Crippen LogP contribution is -2.39. The zero-order chi connectivity index (χ0) is 14.3. The van der Waals surface area contributed by atoms with Crippen molar-refractivity contribution in [2.75, 3.05) is 7.11 Å². The van der Waals surface area contributed by atoms with Crippen LogP contribution in [0.2, 0.25) is 0 Å². The quantitative estimate of drug-likeness (QED) is 0.755. The van der Waals surface area contributed by atoms with Crippen LogP contribution in [0.15, 0.2) is 30.3 Å². The van der Waals surface area contributed by atoms with Gasteiger partial charge in [0.1, 0.15) is 6.04 Å². The molecule has 0 saturated carbocycles. The van der Waals surface area contributed by atoms with Gasteiger partial charge >= 0.3 is 5.97 Å². The third-order valence-corrected chi connectivity index (χ3v) is 2.84. The maximum absolute atomic E-state index is 11.6. The van der Waals surface area contributed by atoms with Crippen LogP contribution in [0.4, 0.5) is 0 Å². The molecule has 0 aliphatic heterocycles. The summed E-state index contributed by atoms with van der Waals surface area (Å²) in [5.41, 5.74) is 6.99. The van der Waals surface area contributed by atoms with Gasteiger partial charge in [-0.25, -0.2) is 4.79 Å². The fourth-order valence-electron chi connectivity index (χ4n) is 1.70. The summed E-state index contributed by atoms with van der Waals surface area (Å²) >= 11 is 0. The van der Waals surface area contributed by atoms with Crippen LogP contribution in [0, 0.1) is 0 Å². The van der Waals surface area contributed by atoms with Gasteiger partial charge < -0.3 is 15.8 Å². The van der Waals surface area contributed by atoms with Crippen LogP contribution in [-0.4, -0.2) is 25.0 Å². The fraction of sp³-hybridized carbons (Fsp3) is 0.429. The number of hydrogen-bond acceptors (Lipinski definition) is 4. The van der Waals surface area contributed by atoms with Crippen LogP contribution in [0.3, 0.4) is 0 Å². The maximum Gasteiger partial charge on any atom is 0.328 e. The van der Waals surface area contributed by atoms with Crippen LogP contribution in [-0.2, 0) is 14.3 Å². The fourth-order valence-corrected chi connectivity index (χ4v) is 1.70. The standard InChI is InChI=1S/C14H20N2O3/c1-10(14(18)19-2)16-13(17)9-8-12(15)11-6-4-3-5-7-11/h3-7,10,12H,8-9,15H2,1-2H3,(H,16,17)/t10-,12?/m0/s1. The molecule has 3 N–H and O–H groups in total. The highest BCUT2D eigenvalue weighted by molar-refractivity contribution is 5.84. The summed E-state index contributed by atoms with van der Waals surface area (Å²) in [5, 5.41) is 2.57. The molecule has 0 aliphatic rings. The molecule has 0 spiro atoms. The molecule has 19 heavy (non-hydrogen) atoms. The number of hydrogen-bond donors (Lipinski definition) is 2. The first-order valence-corrected chi connectivity index (χ1v) is 6.22. The van der Waals surface area contributed by atoms with Gasteiger partial charge in [-0.2, -0.15) is 0 Å². The Labute approximate surface area is 113 Å². The number of rotatable bonds is 6.